The van der Waals surface area contributed by atoms with Gasteiger partial charge in [0.05, 0.1) is 6.54 Å². The minimum absolute atomic E-state index is 0.494. The molecule has 1 fully saturated rings. The van der Waals surface area contributed by atoms with Gasteiger partial charge in [-0.25, -0.2) is 0 Å². The fourth-order valence-corrected chi connectivity index (χ4v) is 3.21. The molecule has 0 unspecified atom stereocenters. The van der Waals surface area contributed by atoms with E-state index in [2.05, 4.69) is 34.6 Å². The van der Waals surface area contributed by atoms with E-state index in [1.807, 2.05) is 24.0 Å². The lowest BCUT2D eigenvalue weighted by molar-refractivity contribution is 0.104. The highest BCUT2D eigenvalue weighted by Crippen LogP contribution is 2.45. The van der Waals surface area contributed by atoms with Gasteiger partial charge in [0.25, 0.3) is 0 Å². The monoisotopic (exact) mass is 291 g/mol. The Kier molecular flexibility index (Phi) is 5.65. The molecule has 0 radical (unpaired) electrons. The van der Waals surface area contributed by atoms with Gasteiger partial charge in [0.2, 0.25) is 0 Å². The Morgan fingerprint density at radius 2 is 2.19 bits per heavy atom. The number of aromatic nitrogens is 2. The molecule has 1 aromatic heterocycles. The topological polar surface area (TPSA) is 54.2 Å². The number of nitrogens with zero attached hydrogens (tertiary/aromatic N) is 3. The van der Waals surface area contributed by atoms with Gasteiger partial charge in [-0.15, -0.1) is 0 Å². The maximum absolute atomic E-state index is 4.31. The molecule has 0 atom stereocenters. The van der Waals surface area contributed by atoms with Crippen LogP contribution in [-0.2, 0) is 6.54 Å². The molecule has 1 saturated carbocycles. The molecule has 2 N–H and O–H groups in total. The molecule has 1 aromatic rings. The smallest absolute Gasteiger partial charge is 0.191 e. The van der Waals surface area contributed by atoms with Crippen LogP contribution >= 0.6 is 0 Å². The first-order valence-electron chi connectivity index (χ1n) is 8.05. The van der Waals surface area contributed by atoms with Crippen LogP contribution in [0.4, 0.5) is 0 Å². The highest BCUT2D eigenvalue weighted by molar-refractivity contribution is 5.79. The van der Waals surface area contributed by atoms with E-state index in [-0.39, 0.29) is 0 Å². The van der Waals surface area contributed by atoms with Crippen LogP contribution in [0.25, 0.3) is 0 Å². The van der Waals surface area contributed by atoms with Crippen molar-refractivity contribution in [2.45, 2.75) is 46.1 Å². The number of nitrogens with one attached hydrogen (secondary N) is 2. The van der Waals surface area contributed by atoms with Crippen LogP contribution in [0.5, 0.6) is 0 Å². The van der Waals surface area contributed by atoms with Crippen LogP contribution in [-0.4, -0.2) is 35.9 Å². The van der Waals surface area contributed by atoms with Gasteiger partial charge < -0.3 is 10.6 Å². The van der Waals surface area contributed by atoms with Crippen molar-refractivity contribution >= 4 is 5.96 Å². The average Bonchev–Trinajstić information content (AvgIpc) is 2.92. The molecule has 0 amide bonds. The van der Waals surface area contributed by atoms with Crippen LogP contribution in [0, 0.1) is 11.3 Å². The molecule has 1 heterocycles. The molecule has 1 aliphatic rings. The zero-order valence-corrected chi connectivity index (χ0v) is 13.6. The van der Waals surface area contributed by atoms with Crippen molar-refractivity contribution in [3.63, 3.8) is 0 Å². The van der Waals surface area contributed by atoms with E-state index in [0.717, 1.165) is 31.5 Å². The molecule has 21 heavy (non-hydrogen) atoms. The predicted molar refractivity (Wildman–Crippen MR) is 87.3 cm³/mol. The summed E-state index contributed by atoms with van der Waals surface area (Å²) in [6.07, 6.45) is 9.16. The molecule has 0 bridgehead atoms. The molecule has 1 aliphatic carbocycles. The van der Waals surface area contributed by atoms with E-state index in [9.17, 15) is 0 Å². The van der Waals surface area contributed by atoms with Crippen molar-refractivity contribution in [2.75, 3.05) is 20.1 Å². The predicted octanol–water partition coefficient (Wildman–Crippen LogP) is 2.26. The van der Waals surface area contributed by atoms with Crippen molar-refractivity contribution < 1.29 is 0 Å². The lowest BCUT2D eigenvalue weighted by Crippen LogP contribution is -2.47. The number of hydrogen-bond acceptors (Lipinski definition) is 2. The lowest BCUT2D eigenvalue weighted by Gasteiger charge is -2.43. The molecule has 0 aliphatic heterocycles. The molecular weight excluding hydrogens is 262 g/mol. The van der Waals surface area contributed by atoms with E-state index in [1.54, 1.807) is 6.20 Å². The molecule has 0 spiro atoms. The summed E-state index contributed by atoms with van der Waals surface area (Å²) in [5.41, 5.74) is 0.494. The van der Waals surface area contributed by atoms with Crippen molar-refractivity contribution in [1.82, 2.24) is 20.4 Å². The quantitative estimate of drug-likeness (QED) is 0.598. The highest BCUT2D eigenvalue weighted by atomic mass is 15.3. The van der Waals surface area contributed by atoms with Gasteiger partial charge in [-0.05, 0) is 36.7 Å². The lowest BCUT2D eigenvalue weighted by atomic mass is 9.64. The number of rotatable bonds is 7. The second-order valence-corrected chi connectivity index (χ2v) is 6.57. The number of aliphatic imine (C=N–C) groups is 1. The normalized spacial score (nSPS) is 17.6. The Morgan fingerprint density at radius 3 is 2.71 bits per heavy atom. The largest absolute Gasteiger partial charge is 0.356 e. The maximum atomic E-state index is 4.31. The van der Waals surface area contributed by atoms with Gasteiger partial charge in [-0.2, -0.15) is 5.10 Å². The summed E-state index contributed by atoms with van der Waals surface area (Å²) >= 11 is 0. The fourth-order valence-electron chi connectivity index (χ4n) is 3.21. The van der Waals surface area contributed by atoms with Gasteiger partial charge >= 0.3 is 0 Å². The first-order valence-corrected chi connectivity index (χ1v) is 8.05. The first-order chi connectivity index (χ1) is 10.1. The Bertz CT molecular complexity index is 432. The molecular formula is C16H29N5. The van der Waals surface area contributed by atoms with Crippen LogP contribution in [0.15, 0.2) is 23.5 Å². The second-order valence-electron chi connectivity index (χ2n) is 6.57. The maximum Gasteiger partial charge on any atom is 0.191 e. The molecule has 118 valence electrons. The highest BCUT2D eigenvalue weighted by Gasteiger charge is 2.37. The number of hydrogen-bond donors (Lipinski definition) is 2. The Morgan fingerprint density at radius 1 is 1.38 bits per heavy atom. The molecule has 5 nitrogen and oxygen atoms in total. The van der Waals surface area contributed by atoms with Crippen LogP contribution in [0.3, 0.4) is 0 Å². The molecule has 5 heteroatoms. The minimum Gasteiger partial charge on any atom is -0.356 e. The molecule has 0 aromatic carbocycles. The van der Waals surface area contributed by atoms with E-state index in [4.69, 9.17) is 0 Å². The van der Waals surface area contributed by atoms with Crippen molar-refractivity contribution in [1.29, 1.82) is 0 Å². The summed E-state index contributed by atoms with van der Waals surface area (Å²) in [5.74, 6) is 1.67. The summed E-state index contributed by atoms with van der Waals surface area (Å²) in [6.45, 7) is 7.35. The zero-order valence-electron chi connectivity index (χ0n) is 13.6. The van der Waals surface area contributed by atoms with E-state index in [1.165, 1.54) is 25.7 Å². The van der Waals surface area contributed by atoms with E-state index < -0.39 is 0 Å². The summed E-state index contributed by atoms with van der Waals surface area (Å²) < 4.78 is 1.92. The minimum atomic E-state index is 0.494. The van der Waals surface area contributed by atoms with Crippen molar-refractivity contribution in [3.8, 4) is 0 Å². The van der Waals surface area contributed by atoms with Gasteiger partial charge in [0.15, 0.2) is 5.96 Å². The van der Waals surface area contributed by atoms with Gasteiger partial charge in [-0.3, -0.25) is 9.67 Å². The van der Waals surface area contributed by atoms with Crippen LogP contribution in [0.1, 0.15) is 39.5 Å². The molecule has 2 rings (SSSR count). The van der Waals surface area contributed by atoms with E-state index >= 15 is 0 Å². The Labute approximate surface area is 128 Å². The van der Waals surface area contributed by atoms with Gasteiger partial charge in [0.1, 0.15) is 0 Å². The standard InChI is InChI=1S/C16H29N5/c1-14(2)12-16(6-4-7-16)13-19-15(17-3)18-9-11-21-10-5-8-20-21/h5,8,10,14H,4,6-7,9,11-13H2,1-3H3,(H2,17,18,19). The third kappa shape index (κ3) is 4.76. The van der Waals surface area contributed by atoms with Gasteiger partial charge in [0, 0.05) is 32.5 Å². The summed E-state index contributed by atoms with van der Waals surface area (Å²) in [7, 11) is 1.83. The SMILES string of the molecule is CN=C(NCCn1cccn1)NCC1(CC(C)C)CCC1. The molecule has 0 saturated heterocycles. The van der Waals surface area contributed by atoms with Crippen LogP contribution < -0.4 is 10.6 Å². The summed E-state index contributed by atoms with van der Waals surface area (Å²) in [4.78, 5) is 4.31. The zero-order chi connectivity index (χ0) is 15.1. The number of guanidine groups is 1. The summed E-state index contributed by atoms with van der Waals surface area (Å²) in [5, 5.41) is 11.1. The fraction of sp³-hybridized carbons (Fsp3) is 0.750. The van der Waals surface area contributed by atoms with Gasteiger partial charge in [-0.1, -0.05) is 20.3 Å². The first kappa shape index (κ1) is 15.9. The summed E-state index contributed by atoms with van der Waals surface area (Å²) in [6, 6.07) is 1.94. The van der Waals surface area contributed by atoms with Crippen molar-refractivity contribution in [2.24, 2.45) is 16.3 Å². The Balaban J connectivity index is 1.72. The third-order valence-corrected chi connectivity index (χ3v) is 4.30. The Hall–Kier alpha value is -1.52. The van der Waals surface area contributed by atoms with Crippen molar-refractivity contribution in [3.05, 3.63) is 18.5 Å². The third-order valence-electron chi connectivity index (χ3n) is 4.30. The van der Waals surface area contributed by atoms with Crippen LogP contribution in [0.2, 0.25) is 0 Å². The second kappa shape index (κ2) is 7.48. The van der Waals surface area contributed by atoms with E-state index in [0.29, 0.717) is 5.41 Å². The average molecular weight is 291 g/mol.